The van der Waals surface area contributed by atoms with Gasteiger partial charge in [0, 0.05) is 5.56 Å². The van der Waals surface area contributed by atoms with Crippen LogP contribution in [0.1, 0.15) is 95.0 Å². The van der Waals surface area contributed by atoms with Crippen LogP contribution >= 0.6 is 0 Å². The molecule has 1 aromatic rings. The molecule has 0 radical (unpaired) electrons. The van der Waals surface area contributed by atoms with E-state index in [2.05, 4.69) is 13.8 Å². The van der Waals surface area contributed by atoms with E-state index in [0.29, 0.717) is 29.3 Å². The fourth-order valence-electron chi connectivity index (χ4n) is 4.15. The van der Waals surface area contributed by atoms with Crippen molar-refractivity contribution in [1.29, 1.82) is 0 Å². The fraction of sp³-hybridized carbons (Fsp3) is 0.696. The molecule has 3 rings (SSSR count). The van der Waals surface area contributed by atoms with Crippen LogP contribution in [0.25, 0.3) is 0 Å². The molecule has 2 aliphatic carbocycles. The first-order valence-corrected chi connectivity index (χ1v) is 10.2. The average molecular weight is 377 g/mol. The molecule has 1 unspecified atom stereocenters. The molecular weight excluding hydrogens is 343 g/mol. The SMILES string of the molecule is CC1(C)CCCC(COc2ccc(C(=O)OC(C)(C)C)c(F)c2C2CC2)C1. The van der Waals surface area contributed by atoms with Crippen LogP contribution in [0.4, 0.5) is 4.39 Å². The molecule has 0 amide bonds. The Kier molecular flexibility index (Phi) is 5.56. The maximum Gasteiger partial charge on any atom is 0.341 e. The van der Waals surface area contributed by atoms with Crippen LogP contribution in [-0.4, -0.2) is 18.2 Å². The first kappa shape index (κ1) is 20.2. The molecule has 3 nitrogen and oxygen atoms in total. The minimum Gasteiger partial charge on any atom is -0.493 e. The first-order valence-electron chi connectivity index (χ1n) is 10.2. The van der Waals surface area contributed by atoms with Gasteiger partial charge in [-0.05, 0) is 82.3 Å². The summed E-state index contributed by atoms with van der Waals surface area (Å²) in [6.45, 7) is 10.6. The van der Waals surface area contributed by atoms with E-state index in [1.54, 1.807) is 26.8 Å². The van der Waals surface area contributed by atoms with Crippen molar-refractivity contribution < 1.29 is 18.7 Å². The van der Waals surface area contributed by atoms with Crippen LogP contribution in [-0.2, 0) is 4.74 Å². The smallest absolute Gasteiger partial charge is 0.341 e. The first-order chi connectivity index (χ1) is 12.6. The van der Waals surface area contributed by atoms with E-state index in [0.717, 1.165) is 19.3 Å². The summed E-state index contributed by atoms with van der Waals surface area (Å²) in [6.07, 6.45) is 6.69. The normalized spacial score (nSPS) is 22.4. The number of benzene rings is 1. The third-order valence-corrected chi connectivity index (χ3v) is 5.53. The van der Waals surface area contributed by atoms with Gasteiger partial charge in [0.05, 0.1) is 12.2 Å². The quantitative estimate of drug-likeness (QED) is 0.570. The highest BCUT2D eigenvalue weighted by Gasteiger charge is 2.34. The molecule has 2 saturated carbocycles. The van der Waals surface area contributed by atoms with Gasteiger partial charge in [-0.3, -0.25) is 0 Å². The van der Waals surface area contributed by atoms with Gasteiger partial charge in [0.1, 0.15) is 17.2 Å². The third-order valence-electron chi connectivity index (χ3n) is 5.53. The number of carbonyl (C=O) groups excluding carboxylic acids is 1. The van der Waals surface area contributed by atoms with Crippen molar-refractivity contribution in [2.45, 2.75) is 84.7 Å². The number of hydrogen-bond donors (Lipinski definition) is 0. The van der Waals surface area contributed by atoms with E-state index >= 15 is 4.39 Å². The largest absolute Gasteiger partial charge is 0.493 e. The number of carbonyl (C=O) groups is 1. The summed E-state index contributed by atoms with van der Waals surface area (Å²) in [6, 6.07) is 3.26. The molecule has 0 bridgehead atoms. The number of hydrogen-bond acceptors (Lipinski definition) is 3. The molecule has 0 spiro atoms. The maximum absolute atomic E-state index is 15.2. The van der Waals surface area contributed by atoms with E-state index < -0.39 is 17.4 Å². The highest BCUT2D eigenvalue weighted by Crippen LogP contribution is 2.47. The van der Waals surface area contributed by atoms with Crippen molar-refractivity contribution in [3.63, 3.8) is 0 Å². The molecule has 0 aliphatic heterocycles. The third kappa shape index (κ3) is 5.24. The standard InChI is InChI=1S/C23H33FO3/c1-22(2,3)27-21(25)17-10-11-18(19(20(17)24)16-8-9-16)26-14-15-7-6-12-23(4,5)13-15/h10-11,15-16H,6-9,12-14H2,1-5H3. The average Bonchev–Trinajstić information content (AvgIpc) is 3.34. The number of halogens is 1. The Bertz CT molecular complexity index is 698. The molecule has 0 saturated heterocycles. The van der Waals surface area contributed by atoms with Crippen LogP contribution in [0.3, 0.4) is 0 Å². The molecule has 2 aliphatic rings. The number of esters is 1. The van der Waals surface area contributed by atoms with Gasteiger partial charge < -0.3 is 9.47 Å². The summed E-state index contributed by atoms with van der Waals surface area (Å²) in [7, 11) is 0. The van der Waals surface area contributed by atoms with Crippen LogP contribution in [0.5, 0.6) is 5.75 Å². The molecule has 0 heterocycles. The predicted molar refractivity (Wildman–Crippen MR) is 105 cm³/mol. The molecule has 4 heteroatoms. The summed E-state index contributed by atoms with van der Waals surface area (Å²) in [5, 5.41) is 0. The second-order valence-electron chi connectivity index (χ2n) is 10.1. The van der Waals surface area contributed by atoms with Gasteiger partial charge in [-0.15, -0.1) is 0 Å². The molecule has 0 aromatic heterocycles. The zero-order valence-electron chi connectivity index (χ0n) is 17.4. The van der Waals surface area contributed by atoms with Crippen molar-refractivity contribution >= 4 is 5.97 Å². The Morgan fingerprint density at radius 3 is 2.52 bits per heavy atom. The van der Waals surface area contributed by atoms with Crippen molar-refractivity contribution in [3.05, 3.63) is 29.1 Å². The summed E-state index contributed by atoms with van der Waals surface area (Å²) in [5.74, 6) is 0.195. The molecular formula is C23H33FO3. The maximum atomic E-state index is 15.2. The lowest BCUT2D eigenvalue weighted by atomic mass is 9.72. The Hall–Kier alpha value is -1.58. The Balaban J connectivity index is 1.76. The Morgan fingerprint density at radius 1 is 1.22 bits per heavy atom. The predicted octanol–water partition coefficient (Wildman–Crippen LogP) is 6.25. The molecule has 150 valence electrons. The second-order valence-corrected chi connectivity index (χ2v) is 10.1. The molecule has 2 fully saturated rings. The lowest BCUT2D eigenvalue weighted by Gasteiger charge is -2.35. The fourth-order valence-corrected chi connectivity index (χ4v) is 4.15. The van der Waals surface area contributed by atoms with Crippen LogP contribution in [0.15, 0.2) is 12.1 Å². The topological polar surface area (TPSA) is 35.5 Å². The lowest BCUT2D eigenvalue weighted by molar-refractivity contribution is 0.00643. The minimum atomic E-state index is -0.647. The number of rotatable bonds is 5. The minimum absolute atomic E-state index is 0.0120. The van der Waals surface area contributed by atoms with Crippen molar-refractivity contribution in [3.8, 4) is 5.75 Å². The Labute approximate surface area is 162 Å². The monoisotopic (exact) mass is 376 g/mol. The van der Waals surface area contributed by atoms with Gasteiger partial charge in [-0.1, -0.05) is 20.3 Å². The van der Waals surface area contributed by atoms with E-state index in [4.69, 9.17) is 9.47 Å². The molecule has 1 atom stereocenters. The van der Waals surface area contributed by atoms with Gasteiger partial charge in [0.2, 0.25) is 0 Å². The highest BCUT2D eigenvalue weighted by atomic mass is 19.1. The van der Waals surface area contributed by atoms with E-state index in [-0.39, 0.29) is 11.5 Å². The summed E-state index contributed by atoms with van der Waals surface area (Å²) in [4.78, 5) is 12.4. The zero-order chi connectivity index (χ0) is 19.8. The van der Waals surface area contributed by atoms with E-state index in [1.165, 1.54) is 25.3 Å². The van der Waals surface area contributed by atoms with Crippen LogP contribution in [0.2, 0.25) is 0 Å². The van der Waals surface area contributed by atoms with E-state index in [1.807, 2.05) is 0 Å². The van der Waals surface area contributed by atoms with E-state index in [9.17, 15) is 4.79 Å². The van der Waals surface area contributed by atoms with Gasteiger partial charge in [-0.2, -0.15) is 0 Å². The van der Waals surface area contributed by atoms with Gasteiger partial charge in [0.15, 0.2) is 0 Å². The zero-order valence-corrected chi connectivity index (χ0v) is 17.4. The lowest BCUT2D eigenvalue weighted by Crippen LogP contribution is -2.27. The summed E-state index contributed by atoms with van der Waals surface area (Å²) in [5.41, 5.74) is 0.287. The van der Waals surface area contributed by atoms with Gasteiger partial charge >= 0.3 is 5.97 Å². The van der Waals surface area contributed by atoms with Crippen LogP contribution in [0, 0.1) is 17.2 Å². The molecule has 27 heavy (non-hydrogen) atoms. The molecule has 0 N–H and O–H groups in total. The van der Waals surface area contributed by atoms with Crippen molar-refractivity contribution in [1.82, 2.24) is 0 Å². The second kappa shape index (κ2) is 7.44. The number of ether oxygens (including phenoxy) is 2. The Morgan fingerprint density at radius 2 is 1.93 bits per heavy atom. The summed E-state index contributed by atoms with van der Waals surface area (Å²) >= 11 is 0. The molecule has 1 aromatic carbocycles. The van der Waals surface area contributed by atoms with Gasteiger partial charge in [0.25, 0.3) is 0 Å². The van der Waals surface area contributed by atoms with Crippen LogP contribution < -0.4 is 4.74 Å². The van der Waals surface area contributed by atoms with Gasteiger partial charge in [-0.25, -0.2) is 9.18 Å². The highest BCUT2D eigenvalue weighted by molar-refractivity contribution is 5.90. The summed E-state index contributed by atoms with van der Waals surface area (Å²) < 4.78 is 26.6. The van der Waals surface area contributed by atoms with Crippen molar-refractivity contribution in [2.24, 2.45) is 11.3 Å². The van der Waals surface area contributed by atoms with Crippen molar-refractivity contribution in [2.75, 3.05) is 6.61 Å².